The molecule has 0 fully saturated rings. The largest absolute Gasteiger partial charge is 0.484 e. The van der Waals surface area contributed by atoms with E-state index < -0.39 is 0 Å². The molecule has 0 aromatic heterocycles. The summed E-state index contributed by atoms with van der Waals surface area (Å²) in [6.07, 6.45) is 2.79. The quantitative estimate of drug-likeness (QED) is 0.560. The predicted octanol–water partition coefficient (Wildman–Crippen LogP) is 4.90. The Morgan fingerprint density at radius 1 is 1.34 bits per heavy atom. The summed E-state index contributed by atoms with van der Waals surface area (Å²) in [6, 6.07) is 11.3. The fraction of sp³-hybridized carbons (Fsp3) is 0.391. The zero-order valence-electron chi connectivity index (χ0n) is 17.6. The number of nitrogens with one attached hydrogen (secondary N) is 1. The summed E-state index contributed by atoms with van der Waals surface area (Å²) >= 11 is 5.83. The molecule has 0 spiro atoms. The van der Waals surface area contributed by atoms with Crippen LogP contribution in [0.3, 0.4) is 0 Å². The van der Waals surface area contributed by atoms with E-state index in [-0.39, 0.29) is 18.1 Å². The molecule has 1 atom stereocenters. The van der Waals surface area contributed by atoms with Crippen LogP contribution in [-0.2, 0) is 4.79 Å². The number of anilines is 1. The van der Waals surface area contributed by atoms with Gasteiger partial charge in [0.25, 0.3) is 5.91 Å². The highest BCUT2D eigenvalue weighted by Crippen LogP contribution is 2.43. The van der Waals surface area contributed by atoms with Gasteiger partial charge < -0.3 is 9.64 Å². The number of benzene rings is 2. The van der Waals surface area contributed by atoms with E-state index in [0.717, 1.165) is 17.5 Å². The molecule has 154 valence electrons. The molecule has 1 heterocycles. The Balaban J connectivity index is 1.64. The normalized spacial score (nSPS) is 17.9. The van der Waals surface area contributed by atoms with Gasteiger partial charge in [-0.1, -0.05) is 18.5 Å². The maximum Gasteiger partial charge on any atom is 0.277 e. The Kier molecular flexibility index (Phi) is 6.18. The van der Waals surface area contributed by atoms with Crippen molar-refractivity contribution in [1.82, 2.24) is 5.43 Å². The highest BCUT2D eigenvalue weighted by atomic mass is 35.5. The first kappa shape index (κ1) is 21.2. The lowest BCUT2D eigenvalue weighted by molar-refractivity contribution is -0.123. The molecule has 1 aliphatic heterocycles. The fourth-order valence-corrected chi connectivity index (χ4v) is 3.89. The number of hydrazone groups is 1. The van der Waals surface area contributed by atoms with E-state index in [9.17, 15) is 4.79 Å². The Morgan fingerprint density at radius 3 is 2.72 bits per heavy atom. The molecule has 29 heavy (non-hydrogen) atoms. The Bertz CT molecular complexity index is 922. The molecule has 5 nitrogen and oxygen atoms in total. The number of hydrogen-bond acceptors (Lipinski definition) is 4. The maximum absolute atomic E-state index is 12.0. The number of hydrogen-bond donors (Lipinski definition) is 1. The van der Waals surface area contributed by atoms with Gasteiger partial charge in [-0.2, -0.15) is 5.10 Å². The summed E-state index contributed by atoms with van der Waals surface area (Å²) in [7, 11) is 2.15. The number of amides is 1. The second-order valence-electron chi connectivity index (χ2n) is 8.28. The SMILES string of the molecule is Cc1cc2c(cc1/C=N\NC(=O)COc1ccc(Cl)cc1)[C@H](C)CC(C)(C)N2C. The minimum Gasteiger partial charge on any atom is -0.484 e. The van der Waals surface area contributed by atoms with Gasteiger partial charge in [0.05, 0.1) is 6.21 Å². The van der Waals surface area contributed by atoms with Gasteiger partial charge in [0.1, 0.15) is 5.75 Å². The van der Waals surface area contributed by atoms with Gasteiger partial charge in [-0.05, 0) is 86.2 Å². The molecule has 0 unspecified atom stereocenters. The maximum atomic E-state index is 12.0. The van der Waals surface area contributed by atoms with E-state index in [1.165, 1.54) is 11.3 Å². The van der Waals surface area contributed by atoms with E-state index in [2.05, 4.69) is 62.3 Å². The number of aryl methyl sites for hydroxylation is 1. The van der Waals surface area contributed by atoms with Crippen LogP contribution >= 0.6 is 11.6 Å². The third-order valence-electron chi connectivity index (χ3n) is 5.60. The van der Waals surface area contributed by atoms with Crippen molar-refractivity contribution in [3.8, 4) is 5.75 Å². The molecule has 2 aromatic carbocycles. The van der Waals surface area contributed by atoms with Crippen molar-refractivity contribution >= 4 is 29.4 Å². The van der Waals surface area contributed by atoms with Crippen LogP contribution in [0.5, 0.6) is 5.75 Å². The fourth-order valence-electron chi connectivity index (χ4n) is 3.76. The number of halogens is 1. The summed E-state index contributed by atoms with van der Waals surface area (Å²) in [6.45, 7) is 8.77. The number of carbonyl (C=O) groups is 1. The van der Waals surface area contributed by atoms with E-state index in [0.29, 0.717) is 16.7 Å². The lowest BCUT2D eigenvalue weighted by atomic mass is 9.79. The van der Waals surface area contributed by atoms with Gasteiger partial charge in [-0.25, -0.2) is 5.43 Å². The summed E-state index contributed by atoms with van der Waals surface area (Å²) in [5.74, 6) is 0.730. The van der Waals surface area contributed by atoms with E-state index >= 15 is 0 Å². The van der Waals surface area contributed by atoms with Crippen LogP contribution in [-0.4, -0.2) is 31.3 Å². The third kappa shape index (κ3) is 4.91. The molecule has 2 aromatic rings. The minimum atomic E-state index is -0.318. The van der Waals surface area contributed by atoms with E-state index in [1.807, 2.05) is 0 Å². The lowest BCUT2D eigenvalue weighted by Crippen LogP contribution is -2.45. The van der Waals surface area contributed by atoms with Crippen molar-refractivity contribution in [2.75, 3.05) is 18.6 Å². The minimum absolute atomic E-state index is 0.112. The van der Waals surface area contributed by atoms with E-state index in [4.69, 9.17) is 16.3 Å². The van der Waals surface area contributed by atoms with Crippen LogP contribution in [0.15, 0.2) is 41.5 Å². The van der Waals surface area contributed by atoms with Crippen LogP contribution < -0.4 is 15.1 Å². The van der Waals surface area contributed by atoms with Crippen molar-refractivity contribution in [1.29, 1.82) is 0 Å². The highest BCUT2D eigenvalue weighted by molar-refractivity contribution is 6.30. The Morgan fingerprint density at radius 2 is 2.03 bits per heavy atom. The number of nitrogens with zero attached hydrogens (tertiary/aromatic N) is 2. The van der Waals surface area contributed by atoms with Crippen molar-refractivity contribution in [3.05, 3.63) is 58.1 Å². The lowest BCUT2D eigenvalue weighted by Gasteiger charge is -2.45. The summed E-state index contributed by atoms with van der Waals surface area (Å²) in [5, 5.41) is 4.73. The van der Waals surface area contributed by atoms with Gasteiger partial charge in [0.15, 0.2) is 6.61 Å². The molecule has 3 rings (SSSR count). The summed E-state index contributed by atoms with van der Waals surface area (Å²) < 4.78 is 5.42. The molecule has 0 saturated heterocycles. The van der Waals surface area contributed by atoms with Gasteiger partial charge in [-0.3, -0.25) is 4.79 Å². The topological polar surface area (TPSA) is 53.9 Å². The van der Waals surface area contributed by atoms with Crippen LogP contribution in [0.1, 0.15) is 49.8 Å². The van der Waals surface area contributed by atoms with E-state index in [1.54, 1.807) is 30.5 Å². The number of ether oxygens (including phenoxy) is 1. The molecule has 1 aliphatic rings. The smallest absolute Gasteiger partial charge is 0.277 e. The average molecular weight is 414 g/mol. The molecule has 0 radical (unpaired) electrons. The summed E-state index contributed by atoms with van der Waals surface area (Å²) in [4.78, 5) is 14.3. The van der Waals surface area contributed by atoms with Crippen LogP contribution in [0.2, 0.25) is 5.02 Å². The van der Waals surface area contributed by atoms with Crippen molar-refractivity contribution in [3.63, 3.8) is 0 Å². The Hall–Kier alpha value is -2.53. The number of rotatable bonds is 5. The highest BCUT2D eigenvalue weighted by Gasteiger charge is 2.34. The molecule has 6 heteroatoms. The van der Waals surface area contributed by atoms with Gasteiger partial charge in [0, 0.05) is 23.3 Å². The van der Waals surface area contributed by atoms with Gasteiger partial charge in [0.2, 0.25) is 0 Å². The second kappa shape index (κ2) is 8.46. The molecule has 0 aliphatic carbocycles. The van der Waals surface area contributed by atoms with Crippen LogP contribution in [0.4, 0.5) is 5.69 Å². The van der Waals surface area contributed by atoms with Crippen LogP contribution in [0, 0.1) is 6.92 Å². The predicted molar refractivity (Wildman–Crippen MR) is 119 cm³/mol. The standard InChI is InChI=1S/C23H28ClN3O2/c1-15-10-21-20(16(2)12-23(3,4)27(21)5)11-17(15)13-25-26-22(28)14-29-19-8-6-18(24)7-9-19/h6-11,13,16H,12,14H2,1-5H3,(H,26,28)/b25-13-/t16-/m1/s1. The first-order valence-electron chi connectivity index (χ1n) is 9.76. The number of carbonyl (C=O) groups excluding carboxylic acids is 1. The first-order chi connectivity index (χ1) is 13.7. The molecule has 1 N–H and O–H groups in total. The zero-order valence-corrected chi connectivity index (χ0v) is 18.4. The Labute approximate surface area is 177 Å². The molecule has 1 amide bonds. The van der Waals surface area contributed by atoms with Crippen LogP contribution in [0.25, 0.3) is 0 Å². The molecular formula is C23H28ClN3O2. The number of fused-ring (bicyclic) bond motifs is 1. The first-order valence-corrected chi connectivity index (χ1v) is 10.1. The van der Waals surface area contributed by atoms with Crippen molar-refractivity contribution < 1.29 is 9.53 Å². The average Bonchev–Trinajstić information content (AvgIpc) is 2.66. The van der Waals surface area contributed by atoms with Gasteiger partial charge >= 0.3 is 0 Å². The monoisotopic (exact) mass is 413 g/mol. The second-order valence-corrected chi connectivity index (χ2v) is 8.72. The van der Waals surface area contributed by atoms with Crippen molar-refractivity contribution in [2.24, 2.45) is 5.10 Å². The molecule has 0 bridgehead atoms. The van der Waals surface area contributed by atoms with Crippen molar-refractivity contribution in [2.45, 2.75) is 45.6 Å². The molecule has 0 saturated carbocycles. The summed E-state index contributed by atoms with van der Waals surface area (Å²) in [5.41, 5.74) is 7.36. The van der Waals surface area contributed by atoms with Gasteiger partial charge in [-0.15, -0.1) is 0 Å². The zero-order chi connectivity index (χ0) is 21.2. The molecular weight excluding hydrogens is 386 g/mol. The third-order valence-corrected chi connectivity index (χ3v) is 5.85.